The maximum atomic E-state index is 11.7. The zero-order valence-corrected chi connectivity index (χ0v) is 11.8. The van der Waals surface area contributed by atoms with E-state index in [1.165, 1.54) is 17.1 Å². The highest BCUT2D eigenvalue weighted by Gasteiger charge is 2.17. The van der Waals surface area contributed by atoms with Crippen LogP contribution in [0.1, 0.15) is 6.92 Å². The first-order valence-electron chi connectivity index (χ1n) is 5.90. The molecule has 0 saturated carbocycles. The molecular weight excluding hydrogens is 270 g/mol. The molecule has 8 nitrogen and oxygen atoms in total. The number of likely N-dealkylation sites (N-methyl/N-ethyl adjacent to an activating group) is 1. The highest BCUT2D eigenvalue weighted by Crippen LogP contribution is 2.02. The zero-order valence-electron chi connectivity index (χ0n) is 11.0. The predicted molar refractivity (Wildman–Crippen MR) is 69.9 cm³/mol. The van der Waals surface area contributed by atoms with E-state index in [1.54, 1.807) is 7.05 Å². The highest BCUT2D eigenvalue weighted by molar-refractivity contribution is 7.89. The van der Waals surface area contributed by atoms with Gasteiger partial charge in [-0.05, 0) is 6.54 Å². The molecule has 0 radical (unpaired) electrons. The summed E-state index contributed by atoms with van der Waals surface area (Å²) in [4.78, 5) is 15.1. The summed E-state index contributed by atoms with van der Waals surface area (Å²) < 4.78 is 27.2. The molecule has 108 valence electrons. The normalized spacial score (nSPS) is 11.5. The fraction of sp³-hybridized carbons (Fsp3) is 0.600. The molecule has 1 aromatic heterocycles. The fourth-order valence-electron chi connectivity index (χ4n) is 1.29. The van der Waals surface area contributed by atoms with Crippen molar-refractivity contribution in [2.24, 2.45) is 7.05 Å². The van der Waals surface area contributed by atoms with Gasteiger partial charge < -0.3 is 15.2 Å². The summed E-state index contributed by atoms with van der Waals surface area (Å²) in [5.41, 5.74) is 0. The van der Waals surface area contributed by atoms with Crippen LogP contribution in [0.15, 0.2) is 17.6 Å². The third kappa shape index (κ3) is 5.37. The molecule has 0 unspecified atom stereocenters. The van der Waals surface area contributed by atoms with Crippen molar-refractivity contribution in [1.82, 2.24) is 24.9 Å². The van der Waals surface area contributed by atoms with E-state index in [9.17, 15) is 13.2 Å². The number of nitrogens with one attached hydrogen (secondary N) is 3. The number of nitrogens with zero attached hydrogens (tertiary/aromatic N) is 2. The van der Waals surface area contributed by atoms with Crippen LogP contribution in [0.2, 0.25) is 0 Å². The van der Waals surface area contributed by atoms with Gasteiger partial charge in [-0.2, -0.15) is 0 Å². The van der Waals surface area contributed by atoms with Crippen LogP contribution in [0.4, 0.5) is 0 Å². The standard InChI is InChI=1S/C10H19N5O3S/c1-3-11-4-5-12-9(16)6-14-19(17,18)10-7-15(2)8-13-10/h7-8,11,14H,3-6H2,1-2H3,(H,12,16). The first kappa shape index (κ1) is 15.6. The van der Waals surface area contributed by atoms with Gasteiger partial charge in [-0.1, -0.05) is 6.92 Å². The molecule has 1 amide bonds. The lowest BCUT2D eigenvalue weighted by Crippen LogP contribution is -2.39. The minimum absolute atomic E-state index is 0.101. The van der Waals surface area contributed by atoms with Crippen LogP contribution >= 0.6 is 0 Å². The molecule has 1 heterocycles. The number of amides is 1. The maximum absolute atomic E-state index is 11.7. The van der Waals surface area contributed by atoms with Gasteiger partial charge in [0.1, 0.15) is 0 Å². The van der Waals surface area contributed by atoms with Crippen LogP contribution in [-0.2, 0) is 21.9 Å². The van der Waals surface area contributed by atoms with Crippen LogP contribution in [0, 0.1) is 0 Å². The number of carbonyl (C=O) groups excluding carboxylic acids is 1. The third-order valence-corrected chi connectivity index (χ3v) is 3.54. The van der Waals surface area contributed by atoms with Crippen molar-refractivity contribution < 1.29 is 13.2 Å². The average molecular weight is 289 g/mol. The van der Waals surface area contributed by atoms with Crippen molar-refractivity contribution in [1.29, 1.82) is 0 Å². The van der Waals surface area contributed by atoms with Gasteiger partial charge in [-0.15, -0.1) is 0 Å². The summed E-state index contributed by atoms with van der Waals surface area (Å²) in [7, 11) is -2.06. The first-order valence-corrected chi connectivity index (χ1v) is 7.39. The Morgan fingerprint density at radius 2 is 2.16 bits per heavy atom. The Hall–Kier alpha value is -1.45. The van der Waals surface area contributed by atoms with Crippen molar-refractivity contribution >= 4 is 15.9 Å². The number of hydrogen-bond donors (Lipinski definition) is 3. The summed E-state index contributed by atoms with van der Waals surface area (Å²) in [6, 6.07) is 0. The molecule has 1 rings (SSSR count). The van der Waals surface area contributed by atoms with Crippen LogP contribution in [0.25, 0.3) is 0 Å². The van der Waals surface area contributed by atoms with Crippen molar-refractivity contribution in [2.45, 2.75) is 11.9 Å². The van der Waals surface area contributed by atoms with E-state index in [0.717, 1.165) is 6.54 Å². The number of aromatic nitrogens is 2. The number of carbonyl (C=O) groups is 1. The fourth-order valence-corrected chi connectivity index (χ4v) is 2.25. The third-order valence-electron chi connectivity index (χ3n) is 2.25. The molecule has 0 bridgehead atoms. The van der Waals surface area contributed by atoms with E-state index in [2.05, 4.69) is 20.3 Å². The van der Waals surface area contributed by atoms with Crippen LogP contribution in [0.5, 0.6) is 0 Å². The molecule has 9 heteroatoms. The number of hydrogen-bond acceptors (Lipinski definition) is 5. The van der Waals surface area contributed by atoms with E-state index in [4.69, 9.17) is 0 Å². The Kier molecular flexibility index (Phi) is 5.93. The Bertz CT molecular complexity index is 511. The van der Waals surface area contributed by atoms with Crippen LogP contribution in [-0.4, -0.2) is 50.1 Å². The molecule has 0 aliphatic heterocycles. The van der Waals surface area contributed by atoms with Gasteiger partial charge in [-0.3, -0.25) is 4.79 Å². The van der Waals surface area contributed by atoms with Gasteiger partial charge in [0.15, 0.2) is 5.03 Å². The second kappa shape index (κ2) is 7.22. The van der Waals surface area contributed by atoms with E-state index in [1.807, 2.05) is 6.92 Å². The molecular formula is C10H19N5O3S. The van der Waals surface area contributed by atoms with E-state index < -0.39 is 10.0 Å². The van der Waals surface area contributed by atoms with Gasteiger partial charge in [0.05, 0.1) is 12.9 Å². The van der Waals surface area contributed by atoms with Crippen LogP contribution < -0.4 is 15.4 Å². The summed E-state index contributed by atoms with van der Waals surface area (Å²) in [5, 5.41) is 5.53. The Morgan fingerprint density at radius 3 is 2.74 bits per heavy atom. The van der Waals surface area contributed by atoms with Crippen molar-refractivity contribution in [3.63, 3.8) is 0 Å². The Morgan fingerprint density at radius 1 is 1.42 bits per heavy atom. The smallest absolute Gasteiger partial charge is 0.260 e. The molecule has 0 fully saturated rings. The molecule has 19 heavy (non-hydrogen) atoms. The number of rotatable bonds is 8. The van der Waals surface area contributed by atoms with E-state index in [0.29, 0.717) is 13.1 Å². The van der Waals surface area contributed by atoms with Crippen molar-refractivity contribution in [2.75, 3.05) is 26.2 Å². The monoisotopic (exact) mass is 289 g/mol. The average Bonchev–Trinajstić information content (AvgIpc) is 2.80. The number of sulfonamides is 1. The van der Waals surface area contributed by atoms with E-state index >= 15 is 0 Å². The molecule has 0 aromatic carbocycles. The van der Waals surface area contributed by atoms with Crippen molar-refractivity contribution in [3.8, 4) is 0 Å². The van der Waals surface area contributed by atoms with Gasteiger partial charge in [0, 0.05) is 26.3 Å². The second-order valence-corrected chi connectivity index (χ2v) is 5.62. The molecule has 0 atom stereocenters. The molecule has 0 saturated heterocycles. The minimum Gasteiger partial charge on any atom is -0.354 e. The lowest BCUT2D eigenvalue weighted by atomic mass is 10.5. The van der Waals surface area contributed by atoms with E-state index in [-0.39, 0.29) is 17.5 Å². The summed E-state index contributed by atoms with van der Waals surface area (Å²) >= 11 is 0. The lowest BCUT2D eigenvalue weighted by molar-refractivity contribution is -0.119. The number of imidazole rings is 1. The predicted octanol–water partition coefficient (Wildman–Crippen LogP) is -1.58. The van der Waals surface area contributed by atoms with Gasteiger partial charge in [0.2, 0.25) is 5.91 Å². The Balaban J connectivity index is 2.37. The largest absolute Gasteiger partial charge is 0.354 e. The SMILES string of the molecule is CCNCCNC(=O)CNS(=O)(=O)c1cn(C)cn1. The molecule has 3 N–H and O–H groups in total. The number of aryl methyl sites for hydroxylation is 1. The van der Waals surface area contributed by atoms with Gasteiger partial charge >= 0.3 is 0 Å². The maximum Gasteiger partial charge on any atom is 0.260 e. The molecule has 0 aliphatic rings. The summed E-state index contributed by atoms with van der Waals surface area (Å²) in [6.45, 7) is 3.59. The minimum atomic E-state index is -3.73. The van der Waals surface area contributed by atoms with Crippen molar-refractivity contribution in [3.05, 3.63) is 12.5 Å². The van der Waals surface area contributed by atoms with Gasteiger partial charge in [0.25, 0.3) is 10.0 Å². The quantitative estimate of drug-likeness (QED) is 0.501. The second-order valence-electron chi connectivity index (χ2n) is 3.91. The first-order chi connectivity index (χ1) is 8.95. The molecule has 0 aliphatic carbocycles. The zero-order chi connectivity index (χ0) is 14.3. The summed E-state index contributed by atoms with van der Waals surface area (Å²) in [5.74, 6) is -0.377. The van der Waals surface area contributed by atoms with Gasteiger partial charge in [-0.25, -0.2) is 18.1 Å². The molecule has 1 aromatic rings. The Labute approximate surface area is 112 Å². The topological polar surface area (TPSA) is 105 Å². The summed E-state index contributed by atoms with van der Waals surface area (Å²) in [6.07, 6.45) is 2.75. The molecule has 0 spiro atoms. The lowest BCUT2D eigenvalue weighted by Gasteiger charge is -2.06. The van der Waals surface area contributed by atoms with Crippen LogP contribution in [0.3, 0.4) is 0 Å². The highest BCUT2D eigenvalue weighted by atomic mass is 32.2.